The van der Waals surface area contributed by atoms with Crippen LogP contribution < -0.4 is 9.38 Å². The fourth-order valence-corrected chi connectivity index (χ4v) is 9.88. The second-order valence-electron chi connectivity index (χ2n) is 13.1. The number of quaternary nitrogens is 1. The van der Waals surface area contributed by atoms with Crippen LogP contribution in [0.4, 0.5) is 11.4 Å². The monoisotopic (exact) mass is 461 g/mol. The number of carbonyl (C=O) groups is 1. The van der Waals surface area contributed by atoms with E-state index in [2.05, 4.69) is 57.0 Å². The highest BCUT2D eigenvalue weighted by molar-refractivity contribution is 5.96. The lowest BCUT2D eigenvalue weighted by Crippen LogP contribution is -2.63. The van der Waals surface area contributed by atoms with Crippen molar-refractivity contribution >= 4 is 17.3 Å². The Balaban J connectivity index is 1.48. The van der Waals surface area contributed by atoms with Gasteiger partial charge < -0.3 is 4.90 Å². The maximum absolute atomic E-state index is 14.0. The minimum Gasteiger partial charge on any atom is -0.367 e. The molecule has 2 saturated carbocycles. The summed E-state index contributed by atoms with van der Waals surface area (Å²) in [6.07, 6.45) is 13.8. The average molecular weight is 462 g/mol. The van der Waals surface area contributed by atoms with Crippen molar-refractivity contribution in [2.75, 3.05) is 25.0 Å². The molecule has 2 saturated heterocycles. The van der Waals surface area contributed by atoms with Crippen LogP contribution in [-0.2, 0) is 4.79 Å². The quantitative estimate of drug-likeness (QED) is 0.426. The van der Waals surface area contributed by atoms with Crippen molar-refractivity contribution in [1.82, 2.24) is 4.48 Å². The lowest BCUT2D eigenvalue weighted by Gasteiger charge is -2.59. The number of rotatable bonds is 2. The second-order valence-corrected chi connectivity index (χ2v) is 13.1. The molecule has 3 aliphatic carbocycles. The van der Waals surface area contributed by atoms with Gasteiger partial charge in [-0.3, -0.25) is 0 Å². The number of benzene rings is 1. The normalized spacial score (nSPS) is 42.3. The zero-order valence-electron chi connectivity index (χ0n) is 22.0. The summed E-state index contributed by atoms with van der Waals surface area (Å²) in [5.74, 6) is 2.83. The molecule has 0 aromatic heterocycles. The maximum Gasteiger partial charge on any atom is 0.323 e. The standard InChI is InChI=1S/C31H45N2O/c1-22-21-23-24-11-10-16-30(24,2)17-14-25(23)31(3)18-15-28(34)33(4,29(22)31)27-13-7-6-12-26(27)32-19-8-5-9-20-32/h6-7,12-13,23-25H,5,8-11,14-21H2,1-4H3/q+1/t23-,24-,25-,30-,31+,33?/m0/s1. The van der Waals surface area contributed by atoms with Crippen LogP contribution in [0.2, 0.25) is 0 Å². The summed E-state index contributed by atoms with van der Waals surface area (Å²) < 4.78 is 0.417. The fraction of sp³-hybridized carbons (Fsp3) is 0.710. The molecule has 6 atom stereocenters. The number of likely N-dealkylation sites (tertiary alicyclic amines) is 1. The smallest absolute Gasteiger partial charge is 0.323 e. The average Bonchev–Trinajstić information content (AvgIpc) is 3.24. The van der Waals surface area contributed by atoms with E-state index >= 15 is 0 Å². The summed E-state index contributed by atoms with van der Waals surface area (Å²) in [6, 6.07) is 8.90. The molecule has 0 spiro atoms. The van der Waals surface area contributed by atoms with Crippen LogP contribution in [0, 0.1) is 28.6 Å². The van der Waals surface area contributed by atoms with Crippen molar-refractivity contribution in [3.05, 3.63) is 35.5 Å². The van der Waals surface area contributed by atoms with E-state index in [-0.39, 0.29) is 5.41 Å². The summed E-state index contributed by atoms with van der Waals surface area (Å²) in [5, 5.41) is 0. The number of hydrogen-bond acceptors (Lipinski definition) is 2. The minimum absolute atomic E-state index is 0.134. The zero-order chi connectivity index (χ0) is 23.7. The Hall–Kier alpha value is -1.61. The van der Waals surface area contributed by atoms with Crippen molar-refractivity contribution in [2.45, 2.75) is 91.4 Å². The van der Waals surface area contributed by atoms with E-state index in [1.807, 2.05) is 0 Å². The fourth-order valence-electron chi connectivity index (χ4n) is 9.88. The zero-order valence-corrected chi connectivity index (χ0v) is 22.0. The van der Waals surface area contributed by atoms with E-state index in [1.54, 1.807) is 0 Å². The number of hydrogen-bond donors (Lipinski definition) is 0. The minimum atomic E-state index is 0.134. The highest BCUT2D eigenvalue weighted by atomic mass is 16.2. The number of piperidine rings is 2. The summed E-state index contributed by atoms with van der Waals surface area (Å²) in [4.78, 5) is 16.6. The molecule has 4 fully saturated rings. The first-order valence-electron chi connectivity index (χ1n) is 14.2. The molecule has 184 valence electrons. The predicted octanol–water partition coefficient (Wildman–Crippen LogP) is 7.45. The van der Waals surface area contributed by atoms with Gasteiger partial charge in [-0.05, 0) is 99.5 Å². The molecule has 1 aromatic rings. The van der Waals surface area contributed by atoms with Crippen LogP contribution in [-0.4, -0.2) is 26.0 Å². The molecule has 3 heteroatoms. The van der Waals surface area contributed by atoms with E-state index in [9.17, 15) is 4.79 Å². The highest BCUT2D eigenvalue weighted by Crippen LogP contribution is 2.67. The van der Waals surface area contributed by atoms with Gasteiger partial charge in [0.2, 0.25) is 0 Å². The van der Waals surface area contributed by atoms with E-state index in [0.29, 0.717) is 22.2 Å². The molecule has 2 heterocycles. The molecular weight excluding hydrogens is 416 g/mol. The summed E-state index contributed by atoms with van der Waals surface area (Å²) in [5.41, 5.74) is 6.24. The topological polar surface area (TPSA) is 20.3 Å². The Morgan fingerprint density at radius 1 is 0.941 bits per heavy atom. The third-order valence-electron chi connectivity index (χ3n) is 11.4. The van der Waals surface area contributed by atoms with Crippen molar-refractivity contribution in [2.24, 2.45) is 28.6 Å². The number of allylic oxidation sites excluding steroid dienone is 2. The Labute approximate surface area is 207 Å². The third kappa shape index (κ3) is 3.08. The molecule has 3 nitrogen and oxygen atoms in total. The first-order valence-corrected chi connectivity index (χ1v) is 14.2. The molecule has 2 aliphatic heterocycles. The van der Waals surface area contributed by atoms with Gasteiger partial charge in [0.1, 0.15) is 5.70 Å². The van der Waals surface area contributed by atoms with Gasteiger partial charge in [-0.1, -0.05) is 32.4 Å². The summed E-state index contributed by atoms with van der Waals surface area (Å²) >= 11 is 0. The van der Waals surface area contributed by atoms with Gasteiger partial charge in [0.05, 0.1) is 19.2 Å². The Morgan fingerprint density at radius 2 is 1.71 bits per heavy atom. The van der Waals surface area contributed by atoms with Gasteiger partial charge in [0.25, 0.3) is 0 Å². The van der Waals surface area contributed by atoms with Crippen molar-refractivity contribution in [3.8, 4) is 0 Å². The van der Waals surface area contributed by atoms with Gasteiger partial charge in [-0.15, -0.1) is 0 Å². The highest BCUT2D eigenvalue weighted by Gasteiger charge is 2.63. The Bertz CT molecular complexity index is 1020. The van der Waals surface area contributed by atoms with Gasteiger partial charge in [-0.2, -0.15) is 0 Å². The van der Waals surface area contributed by atoms with Gasteiger partial charge in [-0.25, -0.2) is 9.28 Å². The summed E-state index contributed by atoms with van der Waals surface area (Å²) in [7, 11) is 2.25. The second kappa shape index (κ2) is 7.95. The van der Waals surface area contributed by atoms with Gasteiger partial charge in [0, 0.05) is 24.6 Å². The number of para-hydroxylation sites is 2. The van der Waals surface area contributed by atoms with Crippen LogP contribution in [0.3, 0.4) is 0 Å². The number of anilines is 1. The maximum atomic E-state index is 14.0. The Kier molecular flexibility index (Phi) is 5.34. The number of nitrogens with zero attached hydrogens (tertiary/aromatic N) is 2. The molecule has 34 heavy (non-hydrogen) atoms. The van der Waals surface area contributed by atoms with E-state index in [1.165, 1.54) is 80.4 Å². The number of carbonyl (C=O) groups excluding carboxylic acids is 1. The molecule has 5 aliphatic rings. The van der Waals surface area contributed by atoms with E-state index < -0.39 is 0 Å². The number of fused-ring (bicyclic) bond motifs is 5. The van der Waals surface area contributed by atoms with Gasteiger partial charge >= 0.3 is 5.91 Å². The van der Waals surface area contributed by atoms with Crippen LogP contribution in [0.25, 0.3) is 0 Å². The lowest BCUT2D eigenvalue weighted by molar-refractivity contribution is -0.135. The van der Waals surface area contributed by atoms with E-state index in [0.717, 1.165) is 37.3 Å². The van der Waals surface area contributed by atoms with Crippen molar-refractivity contribution < 1.29 is 4.79 Å². The predicted molar refractivity (Wildman–Crippen MR) is 142 cm³/mol. The molecule has 6 rings (SSSR count). The Morgan fingerprint density at radius 3 is 2.50 bits per heavy atom. The molecule has 1 aromatic carbocycles. The molecule has 1 amide bonds. The first kappa shape index (κ1) is 22.8. The molecule has 0 N–H and O–H groups in total. The SMILES string of the molecule is CC1=C2[C@](C)(CCC(=O)[N+]2(C)c2ccccc2N2CCCCC2)[C@H]2CC[C@]3(C)CCC[C@H]3[C@@H]2C1. The molecular formula is C31H45N2O+. The van der Waals surface area contributed by atoms with Crippen molar-refractivity contribution in [1.29, 1.82) is 0 Å². The molecule has 0 radical (unpaired) electrons. The van der Waals surface area contributed by atoms with Gasteiger partial charge in [0.15, 0.2) is 5.69 Å². The molecule has 0 bridgehead atoms. The largest absolute Gasteiger partial charge is 0.367 e. The van der Waals surface area contributed by atoms with E-state index in [4.69, 9.17) is 0 Å². The first-order chi connectivity index (χ1) is 16.3. The van der Waals surface area contributed by atoms with Crippen LogP contribution >= 0.6 is 0 Å². The summed E-state index contributed by atoms with van der Waals surface area (Å²) in [6.45, 7) is 9.78. The third-order valence-corrected chi connectivity index (χ3v) is 11.4. The molecule has 1 unspecified atom stereocenters. The lowest BCUT2D eigenvalue weighted by atomic mass is 9.48. The van der Waals surface area contributed by atoms with Crippen molar-refractivity contribution in [3.63, 3.8) is 0 Å². The van der Waals surface area contributed by atoms with Crippen LogP contribution in [0.1, 0.15) is 91.4 Å². The van der Waals surface area contributed by atoms with Crippen LogP contribution in [0.15, 0.2) is 35.5 Å². The van der Waals surface area contributed by atoms with Crippen LogP contribution in [0.5, 0.6) is 0 Å². The number of amides is 1.